The van der Waals surface area contributed by atoms with Gasteiger partial charge in [-0.1, -0.05) is 48.5 Å². The third-order valence-electron chi connectivity index (χ3n) is 2.77. The van der Waals surface area contributed by atoms with E-state index in [9.17, 15) is 0 Å². The SMILES string of the molecule is C[N+](=Cc1ccccc1)CCc1ccccc1. The van der Waals surface area contributed by atoms with Crippen LogP contribution in [0, 0.1) is 0 Å². The molecule has 0 aliphatic rings. The van der Waals surface area contributed by atoms with Gasteiger partial charge < -0.3 is 0 Å². The molecule has 0 heterocycles. The Bertz CT molecular complexity index is 471. The van der Waals surface area contributed by atoms with Gasteiger partial charge in [0.25, 0.3) is 0 Å². The summed E-state index contributed by atoms with van der Waals surface area (Å²) in [4.78, 5) is 0. The van der Waals surface area contributed by atoms with Gasteiger partial charge in [-0.15, -0.1) is 0 Å². The Morgan fingerprint density at radius 1 is 0.882 bits per heavy atom. The van der Waals surface area contributed by atoms with E-state index in [1.807, 2.05) is 6.07 Å². The summed E-state index contributed by atoms with van der Waals surface area (Å²) in [6.45, 7) is 1.04. The molecule has 0 N–H and O–H groups in total. The molecular weight excluding hydrogens is 206 g/mol. The highest BCUT2D eigenvalue weighted by molar-refractivity contribution is 5.75. The van der Waals surface area contributed by atoms with E-state index in [0.29, 0.717) is 0 Å². The van der Waals surface area contributed by atoms with E-state index in [4.69, 9.17) is 0 Å². The molecule has 2 rings (SSSR count). The second kappa shape index (κ2) is 6.00. The van der Waals surface area contributed by atoms with E-state index in [0.717, 1.165) is 13.0 Å². The topological polar surface area (TPSA) is 3.01 Å². The van der Waals surface area contributed by atoms with Crippen LogP contribution in [0.4, 0.5) is 0 Å². The van der Waals surface area contributed by atoms with Crippen molar-refractivity contribution < 1.29 is 4.58 Å². The Morgan fingerprint density at radius 2 is 1.47 bits per heavy atom. The monoisotopic (exact) mass is 224 g/mol. The van der Waals surface area contributed by atoms with Crippen LogP contribution in [0.2, 0.25) is 0 Å². The maximum absolute atomic E-state index is 2.24. The average molecular weight is 224 g/mol. The molecule has 0 radical (unpaired) electrons. The zero-order valence-electron chi connectivity index (χ0n) is 10.2. The van der Waals surface area contributed by atoms with Gasteiger partial charge in [0.1, 0.15) is 13.6 Å². The van der Waals surface area contributed by atoms with Gasteiger partial charge in [-0.2, -0.15) is 0 Å². The highest BCUT2D eigenvalue weighted by Gasteiger charge is 1.99. The van der Waals surface area contributed by atoms with Crippen molar-refractivity contribution in [1.82, 2.24) is 0 Å². The van der Waals surface area contributed by atoms with Gasteiger partial charge in [0.2, 0.25) is 0 Å². The predicted octanol–water partition coefficient (Wildman–Crippen LogP) is 2.99. The minimum absolute atomic E-state index is 1.04. The molecule has 86 valence electrons. The van der Waals surface area contributed by atoms with Crippen molar-refractivity contribution in [1.29, 1.82) is 0 Å². The lowest BCUT2D eigenvalue weighted by Crippen LogP contribution is -2.11. The lowest BCUT2D eigenvalue weighted by Gasteiger charge is -1.99. The molecule has 0 fully saturated rings. The first-order chi connectivity index (χ1) is 8.34. The Labute approximate surface area is 103 Å². The summed E-state index contributed by atoms with van der Waals surface area (Å²) >= 11 is 0. The zero-order chi connectivity index (χ0) is 11.9. The van der Waals surface area contributed by atoms with E-state index in [1.165, 1.54) is 11.1 Å². The van der Waals surface area contributed by atoms with Crippen molar-refractivity contribution in [3.8, 4) is 0 Å². The second-order valence-corrected chi connectivity index (χ2v) is 4.26. The van der Waals surface area contributed by atoms with Crippen molar-refractivity contribution in [3.63, 3.8) is 0 Å². The Kier molecular flexibility index (Phi) is 4.09. The molecule has 2 aromatic rings. The molecule has 0 spiro atoms. The summed E-state index contributed by atoms with van der Waals surface area (Å²) in [5, 5.41) is 0. The third kappa shape index (κ3) is 3.87. The maximum atomic E-state index is 2.24. The van der Waals surface area contributed by atoms with Gasteiger partial charge >= 0.3 is 0 Å². The molecule has 0 aromatic heterocycles. The lowest BCUT2D eigenvalue weighted by atomic mass is 10.1. The Hall–Kier alpha value is -1.89. The summed E-state index contributed by atoms with van der Waals surface area (Å²) in [6.07, 6.45) is 3.27. The van der Waals surface area contributed by atoms with Crippen molar-refractivity contribution in [3.05, 3.63) is 71.8 Å². The fraction of sp³-hybridized carbons (Fsp3) is 0.188. The van der Waals surface area contributed by atoms with Gasteiger partial charge in [-0.05, 0) is 17.7 Å². The van der Waals surface area contributed by atoms with E-state index < -0.39 is 0 Å². The fourth-order valence-electron chi connectivity index (χ4n) is 1.81. The summed E-state index contributed by atoms with van der Waals surface area (Å²) < 4.78 is 2.24. The molecule has 0 unspecified atom stereocenters. The number of benzene rings is 2. The van der Waals surface area contributed by atoms with Gasteiger partial charge in [-0.3, -0.25) is 0 Å². The molecule has 2 aromatic carbocycles. The highest BCUT2D eigenvalue weighted by atomic mass is 14.9. The first-order valence-corrected chi connectivity index (χ1v) is 5.99. The Balaban J connectivity index is 1.94. The second-order valence-electron chi connectivity index (χ2n) is 4.26. The third-order valence-corrected chi connectivity index (χ3v) is 2.77. The summed E-state index contributed by atoms with van der Waals surface area (Å²) in [7, 11) is 2.12. The van der Waals surface area contributed by atoms with Crippen LogP contribution in [-0.4, -0.2) is 24.4 Å². The van der Waals surface area contributed by atoms with E-state index in [1.54, 1.807) is 0 Å². The van der Waals surface area contributed by atoms with Gasteiger partial charge in [0.05, 0.1) is 0 Å². The first kappa shape index (κ1) is 11.6. The minimum Gasteiger partial charge on any atom is -0.238 e. The fourth-order valence-corrected chi connectivity index (χ4v) is 1.81. The van der Waals surface area contributed by atoms with Crippen molar-refractivity contribution in [2.75, 3.05) is 13.6 Å². The van der Waals surface area contributed by atoms with Crippen LogP contribution in [-0.2, 0) is 6.42 Å². The number of nitrogens with zero attached hydrogens (tertiary/aromatic N) is 1. The van der Waals surface area contributed by atoms with Crippen molar-refractivity contribution >= 4 is 6.21 Å². The number of hydrogen-bond acceptors (Lipinski definition) is 0. The van der Waals surface area contributed by atoms with Crippen LogP contribution in [0.3, 0.4) is 0 Å². The van der Waals surface area contributed by atoms with E-state index in [-0.39, 0.29) is 0 Å². The molecule has 0 amide bonds. The largest absolute Gasteiger partial charge is 0.238 e. The normalized spacial score (nSPS) is 11.5. The molecule has 0 saturated heterocycles. The highest BCUT2D eigenvalue weighted by Crippen LogP contribution is 1.99. The number of likely N-dealkylation sites (N-methyl/N-ethyl adjacent to an activating group) is 1. The van der Waals surface area contributed by atoms with Crippen LogP contribution in [0.15, 0.2) is 60.7 Å². The van der Waals surface area contributed by atoms with Crippen molar-refractivity contribution in [2.45, 2.75) is 6.42 Å². The smallest absolute Gasteiger partial charge is 0.170 e. The first-order valence-electron chi connectivity index (χ1n) is 5.99. The molecule has 0 aliphatic heterocycles. The van der Waals surface area contributed by atoms with Crippen LogP contribution in [0.1, 0.15) is 11.1 Å². The minimum atomic E-state index is 1.04. The maximum Gasteiger partial charge on any atom is 0.170 e. The Morgan fingerprint density at radius 3 is 2.12 bits per heavy atom. The molecule has 1 heteroatoms. The van der Waals surface area contributed by atoms with Gasteiger partial charge in [0, 0.05) is 12.0 Å². The lowest BCUT2D eigenvalue weighted by molar-refractivity contribution is -0.491. The quantitative estimate of drug-likeness (QED) is 0.555. The molecule has 0 saturated carbocycles. The van der Waals surface area contributed by atoms with Crippen LogP contribution < -0.4 is 0 Å². The van der Waals surface area contributed by atoms with Gasteiger partial charge in [-0.25, -0.2) is 4.58 Å². The zero-order valence-corrected chi connectivity index (χ0v) is 10.2. The average Bonchev–Trinajstić information content (AvgIpc) is 2.39. The van der Waals surface area contributed by atoms with Crippen LogP contribution in [0.5, 0.6) is 0 Å². The molecule has 0 bridgehead atoms. The van der Waals surface area contributed by atoms with E-state index in [2.05, 4.69) is 72.4 Å². The standard InChI is InChI=1S/C16H18N/c1-17(14-16-10-6-3-7-11-16)13-12-15-8-4-2-5-9-15/h2-11,14H,12-13H2,1H3/q+1. The molecule has 0 aliphatic carbocycles. The molecule has 17 heavy (non-hydrogen) atoms. The van der Waals surface area contributed by atoms with Crippen molar-refractivity contribution in [2.24, 2.45) is 0 Å². The summed E-state index contributed by atoms with van der Waals surface area (Å²) in [6, 6.07) is 21.0. The van der Waals surface area contributed by atoms with Crippen LogP contribution >= 0.6 is 0 Å². The molecular formula is C16H18N+. The van der Waals surface area contributed by atoms with E-state index >= 15 is 0 Å². The van der Waals surface area contributed by atoms with Gasteiger partial charge in [0.15, 0.2) is 6.21 Å². The van der Waals surface area contributed by atoms with Crippen LogP contribution in [0.25, 0.3) is 0 Å². The summed E-state index contributed by atoms with van der Waals surface area (Å²) in [5.74, 6) is 0. The number of hydrogen-bond donors (Lipinski definition) is 0. The molecule has 1 nitrogen and oxygen atoms in total. The molecule has 0 atom stereocenters. The number of rotatable bonds is 4. The summed E-state index contributed by atoms with van der Waals surface area (Å²) in [5.41, 5.74) is 2.64. The predicted molar refractivity (Wildman–Crippen MR) is 72.8 cm³/mol.